The number of nitrogens with zero attached hydrogens (tertiary/aromatic N) is 3. The molecule has 7 heteroatoms. The van der Waals surface area contributed by atoms with E-state index in [0.717, 1.165) is 33.6 Å². The van der Waals surface area contributed by atoms with Crippen molar-refractivity contribution in [3.63, 3.8) is 0 Å². The number of furan rings is 1. The fourth-order valence-corrected chi connectivity index (χ4v) is 3.80. The number of fused-ring (bicyclic) bond motifs is 1. The Labute approximate surface area is 187 Å². The van der Waals surface area contributed by atoms with Gasteiger partial charge >= 0.3 is 0 Å². The van der Waals surface area contributed by atoms with E-state index in [-0.39, 0.29) is 11.9 Å². The van der Waals surface area contributed by atoms with Crippen LogP contribution in [0.25, 0.3) is 22.3 Å². The van der Waals surface area contributed by atoms with Crippen LogP contribution in [0.5, 0.6) is 0 Å². The summed E-state index contributed by atoms with van der Waals surface area (Å²) in [6.07, 6.45) is 1.72. The second kappa shape index (κ2) is 8.96. The first kappa shape index (κ1) is 21.8. The van der Waals surface area contributed by atoms with Crippen LogP contribution in [-0.4, -0.2) is 27.8 Å². The average molecular weight is 433 g/mol. The number of nitrogens with one attached hydrogen (secondary N) is 1. The maximum Gasteiger partial charge on any atom is 0.252 e. The van der Waals surface area contributed by atoms with Crippen LogP contribution in [-0.2, 0) is 17.9 Å². The summed E-state index contributed by atoms with van der Waals surface area (Å²) in [4.78, 5) is 18.1. The summed E-state index contributed by atoms with van der Waals surface area (Å²) in [5, 5.41) is 8.25. The molecule has 0 aliphatic heterocycles. The van der Waals surface area contributed by atoms with Crippen LogP contribution in [0.15, 0.2) is 47.0 Å². The molecule has 0 aliphatic rings. The number of pyridine rings is 1. The molecule has 0 aliphatic carbocycles. The van der Waals surface area contributed by atoms with Gasteiger partial charge in [0.1, 0.15) is 11.5 Å². The third-order valence-corrected chi connectivity index (χ3v) is 5.40. The summed E-state index contributed by atoms with van der Waals surface area (Å²) in [7, 11) is 1.67. The van der Waals surface area contributed by atoms with Crippen molar-refractivity contribution in [1.29, 1.82) is 0 Å². The van der Waals surface area contributed by atoms with E-state index in [4.69, 9.17) is 14.1 Å². The number of carbonyl (C=O) groups is 1. The molecule has 3 aromatic heterocycles. The zero-order valence-corrected chi connectivity index (χ0v) is 19.1. The van der Waals surface area contributed by atoms with E-state index in [1.165, 1.54) is 0 Å². The third kappa shape index (κ3) is 4.29. The Kier molecular flexibility index (Phi) is 6.10. The molecule has 7 nitrogen and oxygen atoms in total. The molecule has 0 saturated heterocycles. The Bertz CT molecular complexity index is 1250. The van der Waals surface area contributed by atoms with Crippen molar-refractivity contribution in [2.24, 2.45) is 0 Å². The predicted molar refractivity (Wildman–Crippen MR) is 123 cm³/mol. The van der Waals surface area contributed by atoms with Gasteiger partial charge in [-0.2, -0.15) is 5.10 Å². The molecule has 166 valence electrons. The normalized spacial score (nSPS) is 11.4. The molecular formula is C25H28N4O3. The lowest BCUT2D eigenvalue weighted by molar-refractivity contribution is 0.0952. The molecule has 3 heterocycles. The number of ether oxygens (including phenoxy) is 1. The molecule has 4 aromatic rings. The van der Waals surface area contributed by atoms with Gasteiger partial charge in [-0.15, -0.1) is 0 Å². The average Bonchev–Trinajstić information content (AvgIpc) is 3.35. The van der Waals surface area contributed by atoms with Crippen LogP contribution < -0.4 is 5.32 Å². The third-order valence-electron chi connectivity index (χ3n) is 5.40. The van der Waals surface area contributed by atoms with Gasteiger partial charge in [-0.25, -0.2) is 9.67 Å². The Morgan fingerprint density at radius 1 is 1.16 bits per heavy atom. The predicted octanol–water partition coefficient (Wildman–Crippen LogP) is 4.97. The van der Waals surface area contributed by atoms with Crippen molar-refractivity contribution in [1.82, 2.24) is 20.1 Å². The molecule has 0 bridgehead atoms. The number of benzene rings is 1. The first-order valence-corrected chi connectivity index (χ1v) is 10.7. The van der Waals surface area contributed by atoms with Crippen LogP contribution in [0.1, 0.15) is 52.9 Å². The second-order valence-corrected chi connectivity index (χ2v) is 8.23. The summed E-state index contributed by atoms with van der Waals surface area (Å²) in [5.74, 6) is 1.41. The quantitative estimate of drug-likeness (QED) is 0.446. The van der Waals surface area contributed by atoms with E-state index < -0.39 is 0 Å². The van der Waals surface area contributed by atoms with E-state index >= 15 is 0 Å². The Morgan fingerprint density at radius 2 is 1.88 bits per heavy atom. The molecule has 1 aromatic carbocycles. The van der Waals surface area contributed by atoms with Gasteiger partial charge < -0.3 is 14.5 Å². The zero-order chi connectivity index (χ0) is 22.8. The molecule has 0 atom stereocenters. The Balaban J connectivity index is 1.68. The summed E-state index contributed by atoms with van der Waals surface area (Å²) in [6, 6.07) is 11.9. The Hall–Kier alpha value is -3.45. The number of hydrogen-bond donors (Lipinski definition) is 1. The number of methoxy groups -OCH3 is 1. The maximum absolute atomic E-state index is 13.2. The largest absolute Gasteiger partial charge is 0.466 e. The van der Waals surface area contributed by atoms with E-state index in [1.807, 2.05) is 68.8 Å². The maximum atomic E-state index is 13.2. The van der Waals surface area contributed by atoms with Gasteiger partial charge in [0.2, 0.25) is 0 Å². The van der Waals surface area contributed by atoms with Crippen molar-refractivity contribution in [3.05, 3.63) is 70.8 Å². The topological polar surface area (TPSA) is 82.2 Å². The molecule has 1 N–H and O–H groups in total. The first-order valence-electron chi connectivity index (χ1n) is 10.7. The van der Waals surface area contributed by atoms with Gasteiger partial charge in [-0.05, 0) is 51.0 Å². The molecule has 0 radical (unpaired) electrons. The number of hydrogen-bond acceptors (Lipinski definition) is 5. The van der Waals surface area contributed by atoms with Crippen LogP contribution in [0.4, 0.5) is 0 Å². The number of amides is 1. The number of rotatable bonds is 7. The highest BCUT2D eigenvalue weighted by atomic mass is 16.5. The fraction of sp³-hybridized carbons (Fsp3) is 0.320. The molecule has 32 heavy (non-hydrogen) atoms. The van der Waals surface area contributed by atoms with Gasteiger partial charge in [0.15, 0.2) is 5.65 Å². The summed E-state index contributed by atoms with van der Waals surface area (Å²) >= 11 is 0. The molecule has 0 fully saturated rings. The first-order chi connectivity index (χ1) is 15.4. The van der Waals surface area contributed by atoms with Crippen molar-refractivity contribution in [3.8, 4) is 11.3 Å². The van der Waals surface area contributed by atoms with Gasteiger partial charge in [0, 0.05) is 25.3 Å². The lowest BCUT2D eigenvalue weighted by Gasteiger charge is -2.11. The molecule has 4 rings (SSSR count). The van der Waals surface area contributed by atoms with Crippen LogP contribution in [0.2, 0.25) is 0 Å². The summed E-state index contributed by atoms with van der Waals surface area (Å²) in [5.41, 5.74) is 4.92. The molecule has 0 unspecified atom stereocenters. The van der Waals surface area contributed by atoms with E-state index in [9.17, 15) is 4.79 Å². The second-order valence-electron chi connectivity index (χ2n) is 8.23. The zero-order valence-electron chi connectivity index (χ0n) is 19.1. The standard InChI is InChI=1S/C25H28N4O3/c1-15(2)29-24-22(13-27-29)21(11-23(28-24)20-10-16(3)32-17(20)4)25(30)26-12-18-6-8-19(9-7-18)14-31-5/h6-11,13,15H,12,14H2,1-5H3,(H,26,30). The van der Waals surface area contributed by atoms with Gasteiger partial charge in [-0.3, -0.25) is 4.79 Å². The van der Waals surface area contributed by atoms with Crippen molar-refractivity contribution >= 4 is 16.9 Å². The van der Waals surface area contributed by atoms with Gasteiger partial charge in [0.25, 0.3) is 5.91 Å². The van der Waals surface area contributed by atoms with Crippen LogP contribution >= 0.6 is 0 Å². The smallest absolute Gasteiger partial charge is 0.252 e. The van der Waals surface area contributed by atoms with E-state index in [1.54, 1.807) is 13.3 Å². The lowest BCUT2D eigenvalue weighted by atomic mass is 10.1. The van der Waals surface area contributed by atoms with Crippen molar-refractivity contribution in [2.45, 2.75) is 46.9 Å². The van der Waals surface area contributed by atoms with Gasteiger partial charge in [0.05, 0.1) is 29.4 Å². The molecular weight excluding hydrogens is 404 g/mol. The van der Waals surface area contributed by atoms with Crippen molar-refractivity contribution < 1.29 is 13.9 Å². The highest BCUT2D eigenvalue weighted by Gasteiger charge is 2.20. The number of aromatic nitrogens is 3. The fourth-order valence-electron chi connectivity index (χ4n) is 3.80. The van der Waals surface area contributed by atoms with Gasteiger partial charge in [-0.1, -0.05) is 24.3 Å². The minimum Gasteiger partial charge on any atom is -0.466 e. The molecule has 0 saturated carbocycles. The number of carbonyl (C=O) groups excluding carboxylic acids is 1. The Morgan fingerprint density at radius 3 is 2.50 bits per heavy atom. The van der Waals surface area contributed by atoms with Crippen LogP contribution in [0, 0.1) is 13.8 Å². The summed E-state index contributed by atoms with van der Waals surface area (Å²) in [6.45, 7) is 8.88. The highest BCUT2D eigenvalue weighted by Crippen LogP contribution is 2.30. The minimum atomic E-state index is -0.166. The lowest BCUT2D eigenvalue weighted by Crippen LogP contribution is -2.23. The highest BCUT2D eigenvalue weighted by molar-refractivity contribution is 6.06. The minimum absolute atomic E-state index is 0.115. The van der Waals surface area contributed by atoms with Crippen LogP contribution in [0.3, 0.4) is 0 Å². The monoisotopic (exact) mass is 432 g/mol. The van der Waals surface area contributed by atoms with Crippen molar-refractivity contribution in [2.75, 3.05) is 7.11 Å². The molecule has 0 spiro atoms. The summed E-state index contributed by atoms with van der Waals surface area (Å²) < 4.78 is 12.7. The molecule has 1 amide bonds. The SMILES string of the molecule is COCc1ccc(CNC(=O)c2cc(-c3cc(C)oc3C)nc3c2cnn3C(C)C)cc1. The van der Waals surface area contributed by atoms with E-state index in [0.29, 0.717) is 30.1 Å². The van der Waals surface area contributed by atoms with E-state index in [2.05, 4.69) is 10.4 Å². The number of aryl methyl sites for hydroxylation is 2.